The lowest BCUT2D eigenvalue weighted by Gasteiger charge is -2.16. The van der Waals surface area contributed by atoms with Gasteiger partial charge in [-0.05, 0) is 53.6 Å². The number of nitrogens with one attached hydrogen (secondary N) is 1. The predicted octanol–water partition coefficient (Wildman–Crippen LogP) is 2.15. The van der Waals surface area contributed by atoms with Gasteiger partial charge in [-0.1, -0.05) is 24.3 Å². The number of fused-ring (bicyclic) bond motifs is 1. The molecule has 1 aromatic heterocycles. The minimum Gasteiger partial charge on any atom is -0.374 e. The molecule has 7 nitrogen and oxygen atoms in total. The molecule has 1 amide bonds. The summed E-state index contributed by atoms with van der Waals surface area (Å²) in [5, 5.41) is 14.9. The van der Waals surface area contributed by atoms with Gasteiger partial charge in [-0.3, -0.25) is 4.79 Å². The monoisotopic (exact) mass is 348 g/mol. The predicted molar refractivity (Wildman–Crippen MR) is 98.5 cm³/mol. The molecule has 0 radical (unpaired) electrons. The van der Waals surface area contributed by atoms with Gasteiger partial charge in [0, 0.05) is 24.8 Å². The van der Waals surface area contributed by atoms with Crippen molar-refractivity contribution in [2.45, 2.75) is 19.4 Å². The Labute approximate surface area is 151 Å². The van der Waals surface area contributed by atoms with E-state index < -0.39 is 0 Å². The van der Waals surface area contributed by atoms with Crippen LogP contribution in [0.4, 0.5) is 5.69 Å². The van der Waals surface area contributed by atoms with E-state index in [1.54, 1.807) is 4.68 Å². The van der Waals surface area contributed by atoms with Gasteiger partial charge < -0.3 is 10.2 Å². The van der Waals surface area contributed by atoms with Gasteiger partial charge in [0.15, 0.2) is 5.82 Å². The maximum absolute atomic E-state index is 12.7. The molecule has 2 heterocycles. The Morgan fingerprint density at radius 1 is 1.19 bits per heavy atom. The first-order valence-corrected chi connectivity index (χ1v) is 8.62. The Kier molecular flexibility index (Phi) is 4.12. The smallest absolute Gasteiger partial charge is 0.251 e. The lowest BCUT2D eigenvalue weighted by atomic mass is 10.1. The fourth-order valence-electron chi connectivity index (χ4n) is 3.24. The summed E-state index contributed by atoms with van der Waals surface area (Å²) in [6.07, 6.45) is 1.02. The van der Waals surface area contributed by atoms with Crippen LogP contribution in [0.5, 0.6) is 0 Å². The third-order valence-electron chi connectivity index (χ3n) is 4.70. The number of tetrazole rings is 1. The normalized spacial score (nSPS) is 14.2. The molecule has 0 bridgehead atoms. The van der Waals surface area contributed by atoms with Gasteiger partial charge in [0.1, 0.15) is 0 Å². The molecule has 3 aromatic rings. The summed E-state index contributed by atoms with van der Waals surface area (Å²) in [5.74, 6) is 0.450. The van der Waals surface area contributed by atoms with Gasteiger partial charge in [0.25, 0.3) is 5.91 Å². The highest BCUT2D eigenvalue weighted by atomic mass is 16.1. The van der Waals surface area contributed by atoms with Crippen molar-refractivity contribution in [2.24, 2.45) is 0 Å². The second-order valence-corrected chi connectivity index (χ2v) is 6.49. The van der Waals surface area contributed by atoms with Gasteiger partial charge in [-0.15, -0.1) is 5.10 Å². The number of para-hydroxylation sites is 1. The zero-order chi connectivity index (χ0) is 18.1. The number of carbonyl (C=O) groups is 1. The van der Waals surface area contributed by atoms with Crippen LogP contribution >= 0.6 is 0 Å². The summed E-state index contributed by atoms with van der Waals surface area (Å²) in [6.45, 7) is 2.87. The molecule has 26 heavy (non-hydrogen) atoms. The Balaban J connectivity index is 1.54. The van der Waals surface area contributed by atoms with Crippen molar-refractivity contribution >= 4 is 11.6 Å². The van der Waals surface area contributed by atoms with Gasteiger partial charge in [-0.2, -0.15) is 4.68 Å². The summed E-state index contributed by atoms with van der Waals surface area (Å²) in [4.78, 5) is 14.9. The highest BCUT2D eigenvalue weighted by Crippen LogP contribution is 2.27. The van der Waals surface area contributed by atoms with E-state index >= 15 is 0 Å². The van der Waals surface area contributed by atoms with Crippen molar-refractivity contribution in [3.05, 3.63) is 65.5 Å². The van der Waals surface area contributed by atoms with Crippen LogP contribution in [0.25, 0.3) is 5.69 Å². The number of aromatic nitrogens is 4. The van der Waals surface area contributed by atoms with Gasteiger partial charge in [0.05, 0.1) is 11.7 Å². The van der Waals surface area contributed by atoms with Crippen molar-refractivity contribution in [3.8, 4) is 5.69 Å². The van der Waals surface area contributed by atoms with E-state index in [0.29, 0.717) is 11.4 Å². The van der Waals surface area contributed by atoms with E-state index in [0.717, 1.165) is 24.3 Å². The van der Waals surface area contributed by atoms with Crippen molar-refractivity contribution in [3.63, 3.8) is 0 Å². The van der Waals surface area contributed by atoms with E-state index in [-0.39, 0.29) is 11.9 Å². The zero-order valence-corrected chi connectivity index (χ0v) is 14.8. The van der Waals surface area contributed by atoms with Crippen molar-refractivity contribution in [1.82, 2.24) is 25.5 Å². The first-order valence-electron chi connectivity index (χ1n) is 8.62. The molecular weight excluding hydrogens is 328 g/mol. The van der Waals surface area contributed by atoms with Crippen molar-refractivity contribution in [1.29, 1.82) is 0 Å². The number of hydrogen-bond donors (Lipinski definition) is 1. The molecule has 0 unspecified atom stereocenters. The summed E-state index contributed by atoms with van der Waals surface area (Å²) in [5.41, 5.74) is 3.90. The topological polar surface area (TPSA) is 75.9 Å². The molecule has 1 atom stereocenters. The fraction of sp³-hybridized carbons (Fsp3) is 0.263. The van der Waals surface area contributed by atoms with Crippen LogP contribution in [0.2, 0.25) is 0 Å². The van der Waals surface area contributed by atoms with Crippen LogP contribution in [-0.4, -0.2) is 39.7 Å². The number of carbonyl (C=O) groups excluding carboxylic acids is 1. The van der Waals surface area contributed by atoms with E-state index in [1.165, 1.54) is 5.56 Å². The molecule has 1 aliphatic rings. The second-order valence-electron chi connectivity index (χ2n) is 6.49. The van der Waals surface area contributed by atoms with Crippen molar-refractivity contribution in [2.75, 3.05) is 18.5 Å². The molecule has 2 aromatic carbocycles. The van der Waals surface area contributed by atoms with Gasteiger partial charge in [0.2, 0.25) is 0 Å². The number of benzene rings is 2. The number of likely N-dealkylation sites (N-methyl/N-ethyl adjacent to an activating group) is 1. The Morgan fingerprint density at radius 2 is 2.00 bits per heavy atom. The van der Waals surface area contributed by atoms with Crippen LogP contribution in [0.15, 0.2) is 48.5 Å². The Morgan fingerprint density at radius 3 is 2.81 bits per heavy atom. The van der Waals surface area contributed by atoms with E-state index in [4.69, 9.17) is 0 Å². The number of amides is 1. The highest BCUT2D eigenvalue weighted by Gasteiger charge is 2.21. The molecular formula is C19H20N6O. The minimum absolute atomic E-state index is 0.136. The van der Waals surface area contributed by atoms with Crippen LogP contribution in [0.3, 0.4) is 0 Å². The molecule has 0 saturated heterocycles. The molecule has 0 aliphatic carbocycles. The average Bonchev–Trinajstić information content (AvgIpc) is 3.29. The average molecular weight is 348 g/mol. The fourth-order valence-corrected chi connectivity index (χ4v) is 3.24. The third kappa shape index (κ3) is 2.92. The van der Waals surface area contributed by atoms with E-state index in [9.17, 15) is 4.79 Å². The quantitative estimate of drug-likeness (QED) is 0.782. The number of anilines is 1. The molecule has 132 valence electrons. The minimum atomic E-state index is -0.330. The molecule has 0 spiro atoms. The van der Waals surface area contributed by atoms with Crippen molar-refractivity contribution < 1.29 is 4.79 Å². The SMILES string of the molecule is C[C@H](NC(=O)c1ccc2c(c1)N(C)CC2)c1nnnn1-c1ccccc1. The zero-order valence-electron chi connectivity index (χ0n) is 14.8. The molecule has 0 saturated carbocycles. The summed E-state index contributed by atoms with van der Waals surface area (Å²) in [7, 11) is 2.05. The largest absolute Gasteiger partial charge is 0.374 e. The maximum atomic E-state index is 12.7. The van der Waals surface area contributed by atoms with Crippen LogP contribution in [0.1, 0.15) is 34.7 Å². The molecule has 0 fully saturated rings. The molecule has 1 N–H and O–H groups in total. The van der Waals surface area contributed by atoms with Gasteiger partial charge in [-0.25, -0.2) is 0 Å². The lowest BCUT2D eigenvalue weighted by molar-refractivity contribution is 0.0938. The first-order chi connectivity index (χ1) is 12.6. The first kappa shape index (κ1) is 16.3. The molecule has 1 aliphatic heterocycles. The van der Waals surface area contributed by atoms with Gasteiger partial charge >= 0.3 is 0 Å². The highest BCUT2D eigenvalue weighted by molar-refractivity contribution is 5.95. The standard InChI is InChI=1S/C19H20N6O/c1-13(18-21-22-23-25(18)16-6-4-3-5-7-16)20-19(26)15-9-8-14-10-11-24(2)17(14)12-15/h3-9,12-13H,10-11H2,1-2H3,(H,20,26)/t13-/m0/s1. The summed E-state index contributed by atoms with van der Waals surface area (Å²) >= 11 is 0. The Hall–Kier alpha value is -3.22. The van der Waals surface area contributed by atoms with Crippen LogP contribution < -0.4 is 10.2 Å². The number of nitrogens with zero attached hydrogens (tertiary/aromatic N) is 5. The third-order valence-corrected chi connectivity index (χ3v) is 4.70. The van der Waals surface area contributed by atoms with Crippen LogP contribution in [-0.2, 0) is 6.42 Å². The number of hydrogen-bond acceptors (Lipinski definition) is 5. The summed E-state index contributed by atoms with van der Waals surface area (Å²) in [6, 6.07) is 15.1. The molecule has 7 heteroatoms. The van der Waals surface area contributed by atoms with Crippen LogP contribution in [0, 0.1) is 0 Å². The van der Waals surface area contributed by atoms with E-state index in [1.807, 2.05) is 62.5 Å². The summed E-state index contributed by atoms with van der Waals surface area (Å²) < 4.78 is 1.64. The van der Waals surface area contributed by atoms with E-state index in [2.05, 4.69) is 25.7 Å². The Bertz CT molecular complexity index is 936. The maximum Gasteiger partial charge on any atom is 0.251 e. The lowest BCUT2D eigenvalue weighted by Crippen LogP contribution is -2.29. The second kappa shape index (κ2) is 6.59. The number of rotatable bonds is 4. The molecule has 4 rings (SSSR count).